The molecule has 3 aliphatic rings. The van der Waals surface area contributed by atoms with Gasteiger partial charge in [0.15, 0.2) is 0 Å². The van der Waals surface area contributed by atoms with Crippen molar-refractivity contribution in [2.75, 3.05) is 32.8 Å². The molecule has 0 aromatic heterocycles. The summed E-state index contributed by atoms with van der Waals surface area (Å²) in [5.41, 5.74) is 0.274. The van der Waals surface area contributed by atoms with Gasteiger partial charge in [0.05, 0.1) is 5.92 Å². The maximum absolute atomic E-state index is 12.3. The fourth-order valence-corrected chi connectivity index (χ4v) is 3.77. The largest absolute Gasteiger partial charge is 0.396 e. The molecule has 2 N–H and O–H groups in total. The van der Waals surface area contributed by atoms with Gasteiger partial charge in [0.2, 0.25) is 5.91 Å². The van der Waals surface area contributed by atoms with E-state index in [1.54, 1.807) is 0 Å². The van der Waals surface area contributed by atoms with E-state index >= 15 is 0 Å². The molecule has 17 heavy (non-hydrogen) atoms. The van der Waals surface area contributed by atoms with Crippen LogP contribution in [0.25, 0.3) is 0 Å². The van der Waals surface area contributed by atoms with Crippen molar-refractivity contribution in [3.05, 3.63) is 0 Å². The van der Waals surface area contributed by atoms with E-state index in [-0.39, 0.29) is 17.9 Å². The molecule has 2 atom stereocenters. The monoisotopic (exact) mass is 238 g/mol. The second-order valence-corrected chi connectivity index (χ2v) is 6.00. The number of aliphatic hydroxyl groups is 1. The number of hydrogen-bond acceptors (Lipinski definition) is 3. The van der Waals surface area contributed by atoms with Crippen LogP contribution in [0.5, 0.6) is 0 Å². The average Bonchev–Trinajstić information content (AvgIpc) is 2.94. The highest BCUT2D eigenvalue weighted by Gasteiger charge is 2.51. The van der Waals surface area contributed by atoms with E-state index in [4.69, 9.17) is 0 Å². The number of carbonyl (C=O) groups excluding carboxylic acids is 1. The molecule has 4 nitrogen and oxygen atoms in total. The quantitative estimate of drug-likeness (QED) is 0.723. The molecule has 0 aromatic rings. The lowest BCUT2D eigenvalue weighted by molar-refractivity contribution is -0.134. The summed E-state index contributed by atoms with van der Waals surface area (Å²) in [4.78, 5) is 14.4. The van der Waals surface area contributed by atoms with Gasteiger partial charge in [0, 0.05) is 32.2 Å². The van der Waals surface area contributed by atoms with Crippen molar-refractivity contribution in [3.8, 4) is 0 Å². The van der Waals surface area contributed by atoms with E-state index in [0.29, 0.717) is 11.8 Å². The number of carbonyl (C=O) groups is 1. The SMILES string of the molecule is O=C([C@@H]1CCNC1)N1C[C@H](CO)C2(CCC2)C1. The zero-order chi connectivity index (χ0) is 11.9. The molecule has 3 fully saturated rings. The Morgan fingerprint density at radius 2 is 2.29 bits per heavy atom. The average molecular weight is 238 g/mol. The summed E-state index contributed by atoms with van der Waals surface area (Å²) < 4.78 is 0. The van der Waals surface area contributed by atoms with Crippen molar-refractivity contribution in [2.24, 2.45) is 17.3 Å². The number of hydrogen-bond donors (Lipinski definition) is 2. The van der Waals surface area contributed by atoms with Crippen LogP contribution in [0.15, 0.2) is 0 Å². The van der Waals surface area contributed by atoms with E-state index in [2.05, 4.69) is 5.32 Å². The van der Waals surface area contributed by atoms with E-state index in [9.17, 15) is 9.90 Å². The highest BCUT2D eigenvalue weighted by Crippen LogP contribution is 2.51. The minimum atomic E-state index is 0.185. The van der Waals surface area contributed by atoms with Gasteiger partial charge >= 0.3 is 0 Å². The lowest BCUT2D eigenvalue weighted by Crippen LogP contribution is -2.40. The van der Waals surface area contributed by atoms with Gasteiger partial charge in [-0.25, -0.2) is 0 Å². The molecule has 1 aliphatic carbocycles. The molecule has 1 spiro atoms. The molecule has 96 valence electrons. The third-order valence-electron chi connectivity index (χ3n) is 5.10. The predicted octanol–water partition coefficient (Wildman–Crippen LogP) is 0.217. The van der Waals surface area contributed by atoms with E-state index < -0.39 is 0 Å². The van der Waals surface area contributed by atoms with Gasteiger partial charge in [0.25, 0.3) is 0 Å². The van der Waals surface area contributed by atoms with Gasteiger partial charge in [-0.1, -0.05) is 6.42 Å². The first kappa shape index (κ1) is 11.5. The summed E-state index contributed by atoms with van der Waals surface area (Å²) in [5, 5.41) is 12.7. The smallest absolute Gasteiger partial charge is 0.227 e. The Labute approximate surface area is 102 Å². The third-order valence-corrected chi connectivity index (χ3v) is 5.10. The number of likely N-dealkylation sites (tertiary alicyclic amines) is 1. The Hall–Kier alpha value is -0.610. The van der Waals surface area contributed by atoms with Crippen LogP contribution < -0.4 is 5.32 Å². The van der Waals surface area contributed by atoms with Crippen LogP contribution in [0.2, 0.25) is 0 Å². The molecule has 0 bridgehead atoms. The first-order valence-corrected chi connectivity index (χ1v) is 6.85. The molecule has 0 unspecified atom stereocenters. The number of nitrogens with zero attached hydrogens (tertiary/aromatic N) is 1. The molecule has 0 radical (unpaired) electrons. The standard InChI is InChI=1S/C13H22N2O2/c16-8-11-7-15(9-13(11)3-1-4-13)12(17)10-2-5-14-6-10/h10-11,14,16H,1-9H2/t10-,11-/m1/s1. The summed E-state index contributed by atoms with van der Waals surface area (Å²) in [6, 6.07) is 0. The topological polar surface area (TPSA) is 52.6 Å². The number of nitrogens with one attached hydrogen (secondary N) is 1. The van der Waals surface area contributed by atoms with Crippen LogP contribution in [0.3, 0.4) is 0 Å². The van der Waals surface area contributed by atoms with E-state index in [1.807, 2.05) is 4.90 Å². The fourth-order valence-electron chi connectivity index (χ4n) is 3.77. The summed E-state index contributed by atoms with van der Waals surface area (Å²) >= 11 is 0. The zero-order valence-corrected chi connectivity index (χ0v) is 10.3. The summed E-state index contributed by atoms with van der Waals surface area (Å²) in [7, 11) is 0. The molecule has 1 amide bonds. The van der Waals surface area contributed by atoms with Gasteiger partial charge in [-0.3, -0.25) is 4.79 Å². The van der Waals surface area contributed by atoms with Gasteiger partial charge in [-0.05, 0) is 31.2 Å². The Balaban J connectivity index is 1.67. The van der Waals surface area contributed by atoms with Gasteiger partial charge in [-0.15, -0.1) is 0 Å². The maximum atomic E-state index is 12.3. The first-order chi connectivity index (χ1) is 8.25. The van der Waals surface area contributed by atoms with Crippen molar-refractivity contribution in [2.45, 2.75) is 25.7 Å². The predicted molar refractivity (Wildman–Crippen MR) is 64.4 cm³/mol. The van der Waals surface area contributed by atoms with Gasteiger partial charge in [-0.2, -0.15) is 0 Å². The van der Waals surface area contributed by atoms with Gasteiger partial charge in [0.1, 0.15) is 0 Å². The Bertz CT molecular complexity index is 309. The summed E-state index contributed by atoms with van der Waals surface area (Å²) in [6.45, 7) is 3.73. The lowest BCUT2D eigenvalue weighted by atomic mass is 9.63. The third kappa shape index (κ3) is 1.78. The van der Waals surface area contributed by atoms with Crippen LogP contribution in [-0.4, -0.2) is 48.7 Å². The fraction of sp³-hybridized carbons (Fsp3) is 0.923. The molecule has 4 heteroatoms. The molecule has 0 aromatic carbocycles. The molecular weight excluding hydrogens is 216 g/mol. The van der Waals surface area contributed by atoms with Crippen molar-refractivity contribution >= 4 is 5.91 Å². The second kappa shape index (κ2) is 4.25. The number of rotatable bonds is 2. The minimum absolute atomic E-state index is 0.185. The van der Waals surface area contributed by atoms with E-state index in [1.165, 1.54) is 19.3 Å². The summed E-state index contributed by atoms with van der Waals surface area (Å²) in [6.07, 6.45) is 4.64. The van der Waals surface area contributed by atoms with Crippen molar-refractivity contribution in [1.29, 1.82) is 0 Å². The van der Waals surface area contributed by atoms with Gasteiger partial charge < -0.3 is 15.3 Å². The summed E-state index contributed by atoms with van der Waals surface area (Å²) in [5.74, 6) is 0.830. The first-order valence-electron chi connectivity index (χ1n) is 6.85. The van der Waals surface area contributed by atoms with Crippen molar-refractivity contribution in [3.63, 3.8) is 0 Å². The maximum Gasteiger partial charge on any atom is 0.227 e. The molecule has 2 heterocycles. The van der Waals surface area contributed by atoms with Crippen molar-refractivity contribution < 1.29 is 9.90 Å². The number of amides is 1. The lowest BCUT2D eigenvalue weighted by Gasteiger charge is -2.42. The zero-order valence-electron chi connectivity index (χ0n) is 10.3. The minimum Gasteiger partial charge on any atom is -0.396 e. The van der Waals surface area contributed by atoms with Crippen LogP contribution in [-0.2, 0) is 4.79 Å². The second-order valence-electron chi connectivity index (χ2n) is 6.00. The normalized spacial score (nSPS) is 35.2. The van der Waals surface area contributed by atoms with Crippen LogP contribution in [0, 0.1) is 17.3 Å². The Kier molecular flexibility index (Phi) is 2.87. The van der Waals surface area contributed by atoms with Crippen LogP contribution in [0.4, 0.5) is 0 Å². The van der Waals surface area contributed by atoms with E-state index in [0.717, 1.165) is 32.6 Å². The molecule has 2 aliphatic heterocycles. The Morgan fingerprint density at radius 1 is 1.47 bits per heavy atom. The number of aliphatic hydroxyl groups excluding tert-OH is 1. The molecule has 3 rings (SSSR count). The highest BCUT2D eigenvalue weighted by atomic mass is 16.3. The van der Waals surface area contributed by atoms with Crippen molar-refractivity contribution in [1.82, 2.24) is 10.2 Å². The molecular formula is C13H22N2O2. The molecule has 2 saturated heterocycles. The van der Waals surface area contributed by atoms with Crippen LogP contribution >= 0.6 is 0 Å². The van der Waals surface area contributed by atoms with Crippen LogP contribution in [0.1, 0.15) is 25.7 Å². The Morgan fingerprint density at radius 3 is 2.76 bits per heavy atom. The molecule has 1 saturated carbocycles. The highest BCUT2D eigenvalue weighted by molar-refractivity contribution is 5.79.